The molecule has 1 aromatic carbocycles. The highest BCUT2D eigenvalue weighted by Crippen LogP contribution is 2.17. The Labute approximate surface area is 118 Å². The number of anilines is 1. The molecule has 0 aromatic heterocycles. The van der Waals surface area contributed by atoms with Gasteiger partial charge in [0.25, 0.3) is 0 Å². The summed E-state index contributed by atoms with van der Waals surface area (Å²) in [5.74, 6) is -0.579. The van der Waals surface area contributed by atoms with Crippen LogP contribution in [0.15, 0.2) is 18.2 Å². The summed E-state index contributed by atoms with van der Waals surface area (Å²) in [6, 6.07) is 5.64. The van der Waals surface area contributed by atoms with Crippen molar-refractivity contribution in [2.45, 2.75) is 32.1 Å². The molecule has 20 heavy (non-hydrogen) atoms. The number of carbonyl (C=O) groups is 1. The van der Waals surface area contributed by atoms with Crippen LogP contribution in [0.25, 0.3) is 0 Å². The second-order valence-electron chi connectivity index (χ2n) is 4.99. The van der Waals surface area contributed by atoms with Gasteiger partial charge in [0.2, 0.25) is 0 Å². The molecule has 0 unspecified atom stereocenters. The normalized spacial score (nSPS) is 15.9. The molecule has 0 bridgehead atoms. The molecule has 1 heterocycles. The first-order valence-electron chi connectivity index (χ1n) is 6.96. The first-order valence-corrected chi connectivity index (χ1v) is 6.96. The van der Waals surface area contributed by atoms with Crippen molar-refractivity contribution < 1.29 is 9.18 Å². The van der Waals surface area contributed by atoms with Crippen LogP contribution in [0.1, 0.15) is 37.7 Å². The quantitative estimate of drug-likeness (QED) is 0.852. The van der Waals surface area contributed by atoms with E-state index in [1.54, 1.807) is 4.90 Å². The van der Waals surface area contributed by atoms with Crippen molar-refractivity contribution in [2.24, 2.45) is 0 Å². The number of nitriles is 1. The molecule has 1 aromatic rings. The first-order chi connectivity index (χ1) is 9.70. The van der Waals surface area contributed by atoms with Crippen LogP contribution < -0.4 is 5.32 Å². The molecule has 1 aliphatic rings. The lowest BCUT2D eigenvalue weighted by atomic mass is 10.1. The molecule has 0 aliphatic carbocycles. The van der Waals surface area contributed by atoms with E-state index in [4.69, 9.17) is 5.26 Å². The number of hydrogen-bond donors (Lipinski definition) is 1. The molecule has 2 rings (SSSR count). The van der Waals surface area contributed by atoms with Crippen LogP contribution in [-0.2, 0) is 0 Å². The Morgan fingerprint density at radius 2 is 1.85 bits per heavy atom. The minimum Gasteiger partial charge on any atom is -0.325 e. The maximum atomic E-state index is 13.7. The third kappa shape index (κ3) is 3.70. The molecule has 1 aliphatic heterocycles. The van der Waals surface area contributed by atoms with Crippen LogP contribution >= 0.6 is 0 Å². The molecule has 0 saturated carbocycles. The Morgan fingerprint density at radius 1 is 1.20 bits per heavy atom. The molecule has 5 heteroatoms. The third-order valence-electron chi connectivity index (χ3n) is 3.48. The highest BCUT2D eigenvalue weighted by Gasteiger charge is 2.16. The smallest absolute Gasteiger partial charge is 0.321 e. The van der Waals surface area contributed by atoms with E-state index in [1.807, 2.05) is 6.07 Å². The third-order valence-corrected chi connectivity index (χ3v) is 3.48. The van der Waals surface area contributed by atoms with Crippen LogP contribution in [0.4, 0.5) is 14.9 Å². The fourth-order valence-electron chi connectivity index (χ4n) is 2.33. The van der Waals surface area contributed by atoms with Crippen LogP contribution in [0.2, 0.25) is 0 Å². The zero-order valence-electron chi connectivity index (χ0n) is 11.4. The van der Waals surface area contributed by atoms with Gasteiger partial charge in [0.1, 0.15) is 5.82 Å². The molecule has 4 nitrogen and oxygen atoms in total. The lowest BCUT2D eigenvalue weighted by Crippen LogP contribution is -2.37. The number of likely N-dealkylation sites (tertiary alicyclic amines) is 1. The zero-order valence-corrected chi connectivity index (χ0v) is 11.4. The van der Waals surface area contributed by atoms with Crippen LogP contribution in [-0.4, -0.2) is 24.0 Å². The van der Waals surface area contributed by atoms with Crippen molar-refractivity contribution in [2.75, 3.05) is 18.4 Å². The fraction of sp³-hybridized carbons (Fsp3) is 0.467. The largest absolute Gasteiger partial charge is 0.325 e. The van der Waals surface area contributed by atoms with E-state index in [1.165, 1.54) is 18.6 Å². The average molecular weight is 275 g/mol. The summed E-state index contributed by atoms with van der Waals surface area (Å²) in [6.07, 6.45) is 5.47. The van der Waals surface area contributed by atoms with Crippen molar-refractivity contribution >= 4 is 11.7 Å². The predicted molar refractivity (Wildman–Crippen MR) is 74.8 cm³/mol. The number of nitrogens with one attached hydrogen (secondary N) is 1. The highest BCUT2D eigenvalue weighted by molar-refractivity contribution is 5.89. The number of nitrogens with zero attached hydrogens (tertiary/aromatic N) is 2. The molecule has 1 saturated heterocycles. The average Bonchev–Trinajstić information content (AvgIpc) is 2.40. The molecular formula is C15H18FN3O. The second kappa shape index (κ2) is 6.90. The van der Waals surface area contributed by atoms with Crippen molar-refractivity contribution in [1.82, 2.24) is 4.90 Å². The summed E-state index contributed by atoms with van der Waals surface area (Å²) in [5, 5.41) is 11.3. The van der Waals surface area contributed by atoms with Crippen LogP contribution in [0.5, 0.6) is 0 Å². The van der Waals surface area contributed by atoms with E-state index in [-0.39, 0.29) is 17.3 Å². The van der Waals surface area contributed by atoms with Crippen molar-refractivity contribution in [3.63, 3.8) is 0 Å². The van der Waals surface area contributed by atoms with Gasteiger partial charge in [-0.1, -0.05) is 19.3 Å². The lowest BCUT2D eigenvalue weighted by Gasteiger charge is -2.25. The molecular weight excluding hydrogens is 257 g/mol. The van der Waals surface area contributed by atoms with Gasteiger partial charge in [0.05, 0.1) is 17.3 Å². The predicted octanol–water partition coefficient (Wildman–Crippen LogP) is 3.50. The second-order valence-corrected chi connectivity index (χ2v) is 4.99. The summed E-state index contributed by atoms with van der Waals surface area (Å²) >= 11 is 0. The van der Waals surface area contributed by atoms with Gasteiger partial charge in [-0.2, -0.15) is 5.26 Å². The maximum Gasteiger partial charge on any atom is 0.321 e. The van der Waals surface area contributed by atoms with Crippen LogP contribution in [0, 0.1) is 17.1 Å². The van der Waals surface area contributed by atoms with Gasteiger partial charge in [0.15, 0.2) is 0 Å². The van der Waals surface area contributed by atoms with Gasteiger partial charge >= 0.3 is 6.03 Å². The van der Waals surface area contributed by atoms with E-state index in [2.05, 4.69) is 5.32 Å². The van der Waals surface area contributed by atoms with E-state index < -0.39 is 5.82 Å². The summed E-state index contributed by atoms with van der Waals surface area (Å²) in [7, 11) is 0. The number of halogens is 1. The van der Waals surface area contributed by atoms with Gasteiger partial charge < -0.3 is 10.2 Å². The number of carbonyl (C=O) groups excluding carboxylic acids is 1. The van der Waals surface area contributed by atoms with E-state index in [0.717, 1.165) is 31.7 Å². The number of hydrogen-bond acceptors (Lipinski definition) is 2. The van der Waals surface area contributed by atoms with Gasteiger partial charge in [-0.15, -0.1) is 0 Å². The Balaban J connectivity index is 2.01. The standard InChI is InChI=1S/C15H18FN3O/c16-13-10-12(11-17)6-7-14(13)18-15(20)19-8-4-2-1-3-5-9-19/h6-7,10H,1-5,8-9H2,(H,18,20). The molecule has 1 fully saturated rings. The molecule has 106 valence electrons. The van der Waals surface area contributed by atoms with Crippen molar-refractivity contribution in [3.05, 3.63) is 29.6 Å². The summed E-state index contributed by atoms with van der Waals surface area (Å²) < 4.78 is 13.7. The fourth-order valence-corrected chi connectivity index (χ4v) is 2.33. The van der Waals surface area contributed by atoms with E-state index >= 15 is 0 Å². The summed E-state index contributed by atoms with van der Waals surface area (Å²) in [4.78, 5) is 13.9. The number of rotatable bonds is 1. The Hall–Kier alpha value is -2.09. The lowest BCUT2D eigenvalue weighted by molar-refractivity contribution is 0.206. The summed E-state index contributed by atoms with van der Waals surface area (Å²) in [5.41, 5.74) is 0.364. The highest BCUT2D eigenvalue weighted by atomic mass is 19.1. The van der Waals surface area contributed by atoms with Gasteiger partial charge in [0, 0.05) is 13.1 Å². The number of urea groups is 1. The van der Waals surface area contributed by atoms with Crippen molar-refractivity contribution in [1.29, 1.82) is 5.26 Å². The first kappa shape index (κ1) is 14.3. The van der Waals surface area contributed by atoms with Gasteiger partial charge in [-0.05, 0) is 31.0 Å². The Morgan fingerprint density at radius 3 is 2.45 bits per heavy atom. The molecule has 0 atom stereocenters. The van der Waals surface area contributed by atoms with Gasteiger partial charge in [-0.3, -0.25) is 0 Å². The summed E-state index contributed by atoms with van der Waals surface area (Å²) in [6.45, 7) is 1.42. The van der Waals surface area contributed by atoms with Crippen LogP contribution in [0.3, 0.4) is 0 Å². The minimum atomic E-state index is -0.579. The number of benzene rings is 1. The molecule has 0 radical (unpaired) electrons. The topological polar surface area (TPSA) is 56.1 Å². The van der Waals surface area contributed by atoms with E-state index in [0.29, 0.717) is 13.1 Å². The Bertz CT molecular complexity index is 516. The zero-order chi connectivity index (χ0) is 14.4. The Kier molecular flexibility index (Phi) is 4.94. The van der Waals surface area contributed by atoms with Crippen molar-refractivity contribution in [3.8, 4) is 6.07 Å². The van der Waals surface area contributed by atoms with Gasteiger partial charge in [-0.25, -0.2) is 9.18 Å². The molecule has 1 N–H and O–H groups in total. The SMILES string of the molecule is N#Cc1ccc(NC(=O)N2CCCCCCC2)c(F)c1. The number of amides is 2. The monoisotopic (exact) mass is 275 g/mol. The van der Waals surface area contributed by atoms with E-state index in [9.17, 15) is 9.18 Å². The minimum absolute atomic E-state index is 0.121. The molecule has 2 amide bonds. The molecule has 0 spiro atoms. The maximum absolute atomic E-state index is 13.7.